The van der Waals surface area contributed by atoms with Gasteiger partial charge < -0.3 is 4.48 Å². The number of rotatable bonds is 2. The first-order valence-corrected chi connectivity index (χ1v) is 4.78. The third-order valence-corrected chi connectivity index (χ3v) is 2.13. The van der Waals surface area contributed by atoms with Gasteiger partial charge in [-0.05, 0) is 12.1 Å². The predicted molar refractivity (Wildman–Crippen MR) is 56.9 cm³/mol. The van der Waals surface area contributed by atoms with Crippen molar-refractivity contribution in [2.45, 2.75) is 6.54 Å². The lowest BCUT2D eigenvalue weighted by molar-refractivity contribution is -0.884. The standard InChI is InChI=1S/C11H16N3/c1-14(2,3)9-10-8-12-11-6-4-5-7-13(10)11/h4-8H,9H2,1-3H3/q+1. The molecule has 0 radical (unpaired) electrons. The van der Waals surface area contributed by atoms with Crippen LogP contribution in [-0.2, 0) is 6.54 Å². The van der Waals surface area contributed by atoms with Crippen LogP contribution in [0.15, 0.2) is 30.6 Å². The van der Waals surface area contributed by atoms with Crippen molar-refractivity contribution in [3.05, 3.63) is 36.3 Å². The van der Waals surface area contributed by atoms with Crippen molar-refractivity contribution < 1.29 is 4.48 Å². The number of nitrogens with zero attached hydrogens (tertiary/aromatic N) is 3. The van der Waals surface area contributed by atoms with Crippen molar-refractivity contribution in [1.82, 2.24) is 9.38 Å². The molecule has 0 aliphatic heterocycles. The summed E-state index contributed by atoms with van der Waals surface area (Å²) in [7, 11) is 6.55. The first kappa shape index (κ1) is 9.21. The topological polar surface area (TPSA) is 17.3 Å². The van der Waals surface area contributed by atoms with Crippen LogP contribution >= 0.6 is 0 Å². The summed E-state index contributed by atoms with van der Waals surface area (Å²) in [4.78, 5) is 4.36. The number of fused-ring (bicyclic) bond motifs is 1. The number of pyridine rings is 1. The first-order valence-electron chi connectivity index (χ1n) is 4.78. The van der Waals surface area contributed by atoms with Crippen molar-refractivity contribution in [3.63, 3.8) is 0 Å². The van der Waals surface area contributed by atoms with Crippen LogP contribution in [0.1, 0.15) is 5.69 Å². The van der Waals surface area contributed by atoms with Crippen molar-refractivity contribution in [1.29, 1.82) is 0 Å². The Kier molecular flexibility index (Phi) is 2.04. The molecule has 0 aliphatic carbocycles. The zero-order valence-corrected chi connectivity index (χ0v) is 8.94. The molecular weight excluding hydrogens is 174 g/mol. The van der Waals surface area contributed by atoms with E-state index in [2.05, 4.69) is 36.7 Å². The Morgan fingerprint density at radius 2 is 2.07 bits per heavy atom. The Hall–Kier alpha value is -1.35. The van der Waals surface area contributed by atoms with Gasteiger partial charge in [0.25, 0.3) is 0 Å². The second kappa shape index (κ2) is 3.10. The summed E-state index contributed by atoms with van der Waals surface area (Å²) in [5.74, 6) is 0. The van der Waals surface area contributed by atoms with E-state index in [0.717, 1.165) is 16.7 Å². The van der Waals surface area contributed by atoms with Crippen LogP contribution < -0.4 is 0 Å². The molecule has 0 fully saturated rings. The first-order chi connectivity index (χ1) is 6.56. The lowest BCUT2D eigenvalue weighted by Gasteiger charge is -2.23. The second-order valence-electron chi connectivity index (χ2n) is 4.63. The molecule has 2 aromatic heterocycles. The van der Waals surface area contributed by atoms with Gasteiger partial charge in [0, 0.05) is 6.20 Å². The maximum absolute atomic E-state index is 4.36. The molecule has 0 saturated carbocycles. The average Bonchev–Trinajstić information content (AvgIpc) is 2.47. The quantitative estimate of drug-likeness (QED) is 0.657. The van der Waals surface area contributed by atoms with Crippen LogP contribution in [0.2, 0.25) is 0 Å². The van der Waals surface area contributed by atoms with E-state index >= 15 is 0 Å². The monoisotopic (exact) mass is 190 g/mol. The highest BCUT2D eigenvalue weighted by atomic mass is 15.3. The highest BCUT2D eigenvalue weighted by Crippen LogP contribution is 2.09. The molecule has 0 atom stereocenters. The smallest absolute Gasteiger partial charge is 0.137 e. The lowest BCUT2D eigenvalue weighted by Crippen LogP contribution is -2.33. The molecule has 3 nitrogen and oxygen atoms in total. The van der Waals surface area contributed by atoms with Gasteiger partial charge in [-0.3, -0.25) is 4.40 Å². The van der Waals surface area contributed by atoms with Gasteiger partial charge in [0.1, 0.15) is 12.2 Å². The van der Waals surface area contributed by atoms with Crippen LogP contribution in [0.25, 0.3) is 5.65 Å². The number of aromatic nitrogens is 2. The molecule has 0 aromatic carbocycles. The zero-order valence-electron chi connectivity index (χ0n) is 8.94. The van der Waals surface area contributed by atoms with Gasteiger partial charge >= 0.3 is 0 Å². The molecule has 0 amide bonds. The van der Waals surface area contributed by atoms with Crippen molar-refractivity contribution >= 4 is 5.65 Å². The molecule has 2 heterocycles. The summed E-state index contributed by atoms with van der Waals surface area (Å²) >= 11 is 0. The summed E-state index contributed by atoms with van der Waals surface area (Å²) in [6.45, 7) is 0.991. The Bertz CT molecular complexity index is 437. The van der Waals surface area contributed by atoms with E-state index in [-0.39, 0.29) is 0 Å². The fraction of sp³-hybridized carbons (Fsp3) is 0.364. The summed E-state index contributed by atoms with van der Waals surface area (Å²) in [5.41, 5.74) is 2.28. The molecule has 2 rings (SSSR count). The molecule has 0 saturated heterocycles. The molecule has 14 heavy (non-hydrogen) atoms. The van der Waals surface area contributed by atoms with E-state index in [0.29, 0.717) is 0 Å². The predicted octanol–water partition coefficient (Wildman–Crippen LogP) is 1.54. The van der Waals surface area contributed by atoms with E-state index in [1.807, 2.05) is 24.4 Å². The fourth-order valence-electron chi connectivity index (χ4n) is 1.59. The minimum absolute atomic E-state index is 0.919. The summed E-state index contributed by atoms with van der Waals surface area (Å²) in [6, 6.07) is 6.07. The minimum atomic E-state index is 0.919. The SMILES string of the molecule is C[N+](C)(C)Cc1cnc2ccccn12. The molecule has 2 aromatic rings. The molecule has 0 N–H and O–H groups in total. The highest BCUT2D eigenvalue weighted by Gasteiger charge is 2.12. The van der Waals surface area contributed by atoms with Gasteiger partial charge in [0.2, 0.25) is 0 Å². The van der Waals surface area contributed by atoms with Gasteiger partial charge in [-0.25, -0.2) is 4.98 Å². The molecule has 74 valence electrons. The van der Waals surface area contributed by atoms with E-state index in [1.54, 1.807) is 0 Å². The van der Waals surface area contributed by atoms with E-state index in [9.17, 15) is 0 Å². The lowest BCUT2D eigenvalue weighted by atomic mass is 10.4. The van der Waals surface area contributed by atoms with Gasteiger partial charge in [0.15, 0.2) is 0 Å². The van der Waals surface area contributed by atoms with Gasteiger partial charge in [-0.15, -0.1) is 0 Å². The zero-order chi connectivity index (χ0) is 10.2. The Labute approximate surface area is 84.2 Å². The van der Waals surface area contributed by atoms with Crippen LogP contribution in [0.3, 0.4) is 0 Å². The van der Waals surface area contributed by atoms with Crippen LogP contribution in [0.4, 0.5) is 0 Å². The van der Waals surface area contributed by atoms with Crippen LogP contribution in [0, 0.1) is 0 Å². The normalized spacial score (nSPS) is 12.2. The van der Waals surface area contributed by atoms with Gasteiger partial charge in [0.05, 0.1) is 33.0 Å². The summed E-state index contributed by atoms with van der Waals surface area (Å²) < 4.78 is 3.06. The third-order valence-electron chi connectivity index (χ3n) is 2.13. The molecule has 3 heteroatoms. The third kappa shape index (κ3) is 1.77. The van der Waals surface area contributed by atoms with Crippen molar-refractivity contribution in [3.8, 4) is 0 Å². The molecule has 0 bridgehead atoms. The maximum Gasteiger partial charge on any atom is 0.137 e. The Morgan fingerprint density at radius 1 is 1.29 bits per heavy atom. The fourth-order valence-corrected chi connectivity index (χ4v) is 1.59. The Balaban J connectivity index is 2.44. The number of hydrogen-bond donors (Lipinski definition) is 0. The second-order valence-corrected chi connectivity index (χ2v) is 4.63. The van der Waals surface area contributed by atoms with Gasteiger partial charge in [-0.2, -0.15) is 0 Å². The average molecular weight is 190 g/mol. The molecule has 0 aliphatic rings. The van der Waals surface area contributed by atoms with E-state index in [1.165, 1.54) is 5.69 Å². The number of imidazole rings is 1. The number of quaternary nitrogens is 1. The molecule has 0 unspecified atom stereocenters. The van der Waals surface area contributed by atoms with Crippen LogP contribution in [-0.4, -0.2) is 35.0 Å². The van der Waals surface area contributed by atoms with Crippen molar-refractivity contribution in [2.75, 3.05) is 21.1 Å². The minimum Gasteiger partial charge on any atom is -0.326 e. The number of hydrogen-bond acceptors (Lipinski definition) is 1. The summed E-state index contributed by atoms with van der Waals surface area (Å²) in [6.07, 6.45) is 4.02. The van der Waals surface area contributed by atoms with Crippen molar-refractivity contribution in [2.24, 2.45) is 0 Å². The maximum atomic E-state index is 4.36. The molecular formula is C11H16N3+. The van der Waals surface area contributed by atoms with E-state index in [4.69, 9.17) is 0 Å². The highest BCUT2D eigenvalue weighted by molar-refractivity contribution is 5.39. The Morgan fingerprint density at radius 3 is 2.79 bits per heavy atom. The van der Waals surface area contributed by atoms with Crippen LogP contribution in [0.5, 0.6) is 0 Å². The molecule has 0 spiro atoms. The summed E-state index contributed by atoms with van der Waals surface area (Å²) in [5, 5.41) is 0. The van der Waals surface area contributed by atoms with Gasteiger partial charge in [-0.1, -0.05) is 6.07 Å². The largest absolute Gasteiger partial charge is 0.326 e. The van der Waals surface area contributed by atoms with E-state index < -0.39 is 0 Å².